The zero-order chi connectivity index (χ0) is 19.2. The van der Waals surface area contributed by atoms with Crippen LogP contribution in [-0.4, -0.2) is 28.1 Å². The molecule has 2 aromatic rings. The zero-order valence-corrected chi connectivity index (χ0v) is 15.7. The van der Waals surface area contributed by atoms with E-state index in [0.29, 0.717) is 10.6 Å². The normalized spacial score (nSPS) is 11.3. The molecule has 0 aromatic heterocycles. The van der Waals surface area contributed by atoms with E-state index in [4.69, 9.17) is 25.3 Å². The molecule has 0 radical (unpaired) electrons. The molecule has 0 spiro atoms. The molecule has 0 saturated heterocycles. The van der Waals surface area contributed by atoms with Gasteiger partial charge in [0.25, 0.3) is 0 Å². The minimum absolute atomic E-state index is 0.0238. The second-order valence-electron chi connectivity index (χ2n) is 4.99. The van der Waals surface area contributed by atoms with Crippen molar-refractivity contribution in [2.75, 3.05) is 13.7 Å². The molecular formula is C18H17ClO6S. The average molecular weight is 397 g/mol. The molecule has 2 aromatic carbocycles. The van der Waals surface area contributed by atoms with Gasteiger partial charge in [0.1, 0.15) is 4.90 Å². The van der Waals surface area contributed by atoms with Crippen molar-refractivity contribution in [1.29, 1.82) is 0 Å². The molecule has 2 rings (SSSR count). The number of hydrogen-bond acceptors (Lipinski definition) is 6. The number of methoxy groups -OCH3 is 1. The third-order valence-corrected chi connectivity index (χ3v) is 4.69. The average Bonchev–Trinajstić information content (AvgIpc) is 2.61. The Morgan fingerprint density at radius 2 is 1.81 bits per heavy atom. The topological polar surface area (TPSA) is 78.9 Å². The Balaban J connectivity index is 2.24. The number of ether oxygens (including phenoxy) is 2. The Morgan fingerprint density at radius 3 is 2.42 bits per heavy atom. The van der Waals surface area contributed by atoms with Crippen molar-refractivity contribution >= 4 is 33.8 Å². The fourth-order valence-corrected chi connectivity index (χ4v) is 3.04. The Hall–Kier alpha value is -2.51. The monoisotopic (exact) mass is 396 g/mol. The third-order valence-electron chi connectivity index (χ3n) is 3.19. The van der Waals surface area contributed by atoms with Crippen molar-refractivity contribution in [3.8, 4) is 11.5 Å². The lowest BCUT2D eigenvalue weighted by Gasteiger charge is -2.11. The molecule has 8 heteroatoms. The molecule has 0 amide bonds. The van der Waals surface area contributed by atoms with Gasteiger partial charge in [-0.25, -0.2) is 4.79 Å². The number of hydrogen-bond donors (Lipinski definition) is 0. The van der Waals surface area contributed by atoms with Gasteiger partial charge in [-0.05, 0) is 55.0 Å². The van der Waals surface area contributed by atoms with Crippen LogP contribution < -0.4 is 8.92 Å². The van der Waals surface area contributed by atoms with Crippen LogP contribution in [0.4, 0.5) is 0 Å². The van der Waals surface area contributed by atoms with E-state index in [9.17, 15) is 13.2 Å². The van der Waals surface area contributed by atoms with E-state index in [-0.39, 0.29) is 23.0 Å². The van der Waals surface area contributed by atoms with Gasteiger partial charge in [-0.2, -0.15) is 8.42 Å². The van der Waals surface area contributed by atoms with E-state index in [1.807, 2.05) is 0 Å². The van der Waals surface area contributed by atoms with Crippen LogP contribution in [0.2, 0.25) is 5.02 Å². The Kier molecular flexibility index (Phi) is 6.65. The standard InChI is InChI=1S/C18H17ClO6S/c1-3-24-18(20)11-5-13-4-10-16(17(12-13)23-2)25-26(21,22)15-8-6-14(19)7-9-15/h4-12H,3H2,1-2H3. The Bertz CT molecular complexity index is 904. The lowest BCUT2D eigenvalue weighted by molar-refractivity contribution is -0.137. The molecule has 0 fully saturated rings. The summed E-state index contributed by atoms with van der Waals surface area (Å²) in [7, 11) is -2.65. The van der Waals surface area contributed by atoms with Crippen LogP contribution in [0.1, 0.15) is 12.5 Å². The van der Waals surface area contributed by atoms with Crippen molar-refractivity contribution in [1.82, 2.24) is 0 Å². The number of halogens is 1. The third kappa shape index (κ3) is 5.24. The van der Waals surface area contributed by atoms with Gasteiger partial charge in [0.15, 0.2) is 11.5 Å². The molecule has 0 aliphatic rings. The first-order valence-electron chi connectivity index (χ1n) is 7.58. The van der Waals surface area contributed by atoms with Crippen molar-refractivity contribution in [2.24, 2.45) is 0 Å². The molecule has 26 heavy (non-hydrogen) atoms. The van der Waals surface area contributed by atoms with Crippen LogP contribution in [0.15, 0.2) is 53.4 Å². The molecule has 0 unspecified atom stereocenters. The van der Waals surface area contributed by atoms with Crippen LogP contribution in [-0.2, 0) is 19.6 Å². The van der Waals surface area contributed by atoms with E-state index in [1.54, 1.807) is 19.1 Å². The maximum absolute atomic E-state index is 12.4. The van der Waals surface area contributed by atoms with E-state index in [1.165, 1.54) is 49.6 Å². The fourth-order valence-electron chi connectivity index (χ4n) is 1.98. The van der Waals surface area contributed by atoms with Gasteiger partial charge in [0.2, 0.25) is 0 Å². The van der Waals surface area contributed by atoms with E-state index >= 15 is 0 Å². The zero-order valence-electron chi connectivity index (χ0n) is 14.1. The van der Waals surface area contributed by atoms with Crippen LogP contribution in [0, 0.1) is 0 Å². The molecule has 0 saturated carbocycles. The lowest BCUT2D eigenvalue weighted by Crippen LogP contribution is -2.10. The summed E-state index contributed by atoms with van der Waals surface area (Å²) in [6.07, 6.45) is 2.79. The maximum Gasteiger partial charge on any atom is 0.339 e. The van der Waals surface area contributed by atoms with E-state index in [0.717, 1.165) is 0 Å². The first kappa shape index (κ1) is 19.8. The summed E-state index contributed by atoms with van der Waals surface area (Å²) in [5, 5.41) is 0.416. The van der Waals surface area contributed by atoms with Crippen LogP contribution in [0.5, 0.6) is 11.5 Å². The summed E-state index contributed by atoms with van der Waals surface area (Å²) in [5.41, 5.74) is 0.617. The van der Waals surface area contributed by atoms with Crippen LogP contribution in [0.25, 0.3) is 6.08 Å². The van der Waals surface area contributed by atoms with E-state index in [2.05, 4.69) is 0 Å². The highest BCUT2D eigenvalue weighted by molar-refractivity contribution is 7.87. The van der Waals surface area contributed by atoms with Crippen molar-refractivity contribution in [3.05, 3.63) is 59.1 Å². The number of carbonyl (C=O) groups is 1. The molecule has 0 aliphatic heterocycles. The molecule has 138 valence electrons. The molecule has 6 nitrogen and oxygen atoms in total. The smallest absolute Gasteiger partial charge is 0.339 e. The summed E-state index contributed by atoms with van der Waals surface area (Å²) < 4.78 is 39.8. The second kappa shape index (κ2) is 8.73. The lowest BCUT2D eigenvalue weighted by atomic mass is 10.2. The van der Waals surface area contributed by atoms with Crippen molar-refractivity contribution in [3.63, 3.8) is 0 Å². The maximum atomic E-state index is 12.4. The highest BCUT2D eigenvalue weighted by Crippen LogP contribution is 2.31. The van der Waals surface area contributed by atoms with E-state index < -0.39 is 16.1 Å². The second-order valence-corrected chi connectivity index (χ2v) is 6.97. The molecular weight excluding hydrogens is 380 g/mol. The minimum Gasteiger partial charge on any atom is -0.493 e. The summed E-state index contributed by atoms with van der Waals surface area (Å²) in [4.78, 5) is 11.3. The van der Waals surface area contributed by atoms with Gasteiger partial charge < -0.3 is 13.7 Å². The fraction of sp³-hybridized carbons (Fsp3) is 0.167. The number of benzene rings is 2. The van der Waals surface area contributed by atoms with Crippen molar-refractivity contribution in [2.45, 2.75) is 11.8 Å². The number of rotatable bonds is 7. The highest BCUT2D eigenvalue weighted by atomic mass is 35.5. The first-order valence-corrected chi connectivity index (χ1v) is 9.37. The number of carbonyl (C=O) groups excluding carboxylic acids is 1. The largest absolute Gasteiger partial charge is 0.493 e. The van der Waals surface area contributed by atoms with Crippen LogP contribution >= 0.6 is 11.6 Å². The SMILES string of the molecule is CCOC(=O)C=Cc1ccc(OS(=O)(=O)c2ccc(Cl)cc2)c(OC)c1. The van der Waals surface area contributed by atoms with Gasteiger partial charge in [-0.3, -0.25) is 0 Å². The summed E-state index contributed by atoms with van der Waals surface area (Å²) in [5.74, 6) is -0.249. The van der Waals surface area contributed by atoms with Gasteiger partial charge in [0.05, 0.1) is 13.7 Å². The Morgan fingerprint density at radius 1 is 1.12 bits per heavy atom. The highest BCUT2D eigenvalue weighted by Gasteiger charge is 2.19. The van der Waals surface area contributed by atoms with Crippen molar-refractivity contribution < 1.29 is 26.9 Å². The van der Waals surface area contributed by atoms with Gasteiger partial charge in [0, 0.05) is 11.1 Å². The molecule has 0 atom stereocenters. The summed E-state index contributed by atoms with van der Waals surface area (Å²) >= 11 is 5.76. The Labute approximate surface area is 157 Å². The summed E-state index contributed by atoms with van der Waals surface area (Å²) in [6, 6.07) is 10.2. The predicted octanol–water partition coefficient (Wildman–Crippen LogP) is 3.69. The number of esters is 1. The predicted molar refractivity (Wildman–Crippen MR) is 97.9 cm³/mol. The van der Waals surface area contributed by atoms with Gasteiger partial charge in [-0.15, -0.1) is 0 Å². The van der Waals surface area contributed by atoms with Gasteiger partial charge >= 0.3 is 16.1 Å². The molecule has 0 bridgehead atoms. The molecule has 0 aliphatic carbocycles. The summed E-state index contributed by atoms with van der Waals surface area (Å²) in [6.45, 7) is 1.99. The van der Waals surface area contributed by atoms with Crippen LogP contribution in [0.3, 0.4) is 0 Å². The molecule has 0 heterocycles. The quantitative estimate of drug-likeness (QED) is 0.403. The minimum atomic E-state index is -4.04. The van der Waals surface area contributed by atoms with Gasteiger partial charge in [-0.1, -0.05) is 17.7 Å². The molecule has 0 N–H and O–H groups in total. The first-order chi connectivity index (χ1) is 12.4.